The third kappa shape index (κ3) is 4.57. The van der Waals surface area contributed by atoms with Crippen LogP contribution in [0.15, 0.2) is 24.3 Å². The molecule has 1 rings (SSSR count). The van der Waals surface area contributed by atoms with E-state index in [9.17, 15) is 4.79 Å². The minimum Gasteiger partial charge on any atom is -0.385 e. The number of Topliss-reactive ketones (excluding diaryl/α,β-unsaturated/α-hetero) is 1. The summed E-state index contributed by atoms with van der Waals surface area (Å²) >= 11 is 0. The van der Waals surface area contributed by atoms with Crippen LogP contribution in [0.1, 0.15) is 30.6 Å². The molecule has 0 radical (unpaired) electrons. The van der Waals surface area contributed by atoms with E-state index in [0.29, 0.717) is 5.92 Å². The van der Waals surface area contributed by atoms with E-state index >= 15 is 0 Å². The molecule has 0 amide bonds. The Morgan fingerprint density at radius 3 is 2.35 bits per heavy atom. The second kappa shape index (κ2) is 7.07. The molecule has 1 unspecified atom stereocenters. The molecule has 0 fully saturated rings. The second-order valence-corrected chi connectivity index (χ2v) is 4.35. The summed E-state index contributed by atoms with van der Waals surface area (Å²) in [5, 5.41) is 6.59. The summed E-state index contributed by atoms with van der Waals surface area (Å²) in [7, 11) is 1.98. The lowest BCUT2D eigenvalue weighted by Crippen LogP contribution is -2.24. The average molecular weight is 234 g/mol. The van der Waals surface area contributed by atoms with Gasteiger partial charge in [-0.05, 0) is 50.7 Å². The van der Waals surface area contributed by atoms with E-state index in [2.05, 4.69) is 17.6 Å². The molecule has 0 spiro atoms. The van der Waals surface area contributed by atoms with Crippen molar-refractivity contribution in [3.05, 3.63) is 29.8 Å². The van der Waals surface area contributed by atoms with Gasteiger partial charge < -0.3 is 10.6 Å². The molecule has 0 aliphatic rings. The highest BCUT2D eigenvalue weighted by Gasteiger charge is 2.04. The predicted octanol–water partition coefficient (Wildman–Crippen LogP) is 2.55. The molecule has 17 heavy (non-hydrogen) atoms. The molecule has 0 saturated carbocycles. The van der Waals surface area contributed by atoms with Crippen LogP contribution in [0.3, 0.4) is 0 Å². The van der Waals surface area contributed by atoms with Crippen molar-refractivity contribution in [3.8, 4) is 0 Å². The molecular formula is C14H22N2O. The van der Waals surface area contributed by atoms with E-state index in [4.69, 9.17) is 0 Å². The number of anilines is 1. The fourth-order valence-electron chi connectivity index (χ4n) is 1.73. The maximum Gasteiger partial charge on any atom is 0.159 e. The van der Waals surface area contributed by atoms with Crippen LogP contribution in [0.4, 0.5) is 5.69 Å². The summed E-state index contributed by atoms with van der Waals surface area (Å²) < 4.78 is 0. The molecule has 1 atom stereocenters. The van der Waals surface area contributed by atoms with Crippen LogP contribution in [0.2, 0.25) is 0 Å². The van der Waals surface area contributed by atoms with E-state index < -0.39 is 0 Å². The first kappa shape index (κ1) is 13.7. The van der Waals surface area contributed by atoms with Gasteiger partial charge in [0.2, 0.25) is 0 Å². The van der Waals surface area contributed by atoms with Gasteiger partial charge in [-0.3, -0.25) is 4.79 Å². The minimum atomic E-state index is 0.109. The van der Waals surface area contributed by atoms with Crippen LogP contribution in [-0.4, -0.2) is 25.9 Å². The number of benzene rings is 1. The zero-order valence-electron chi connectivity index (χ0n) is 10.9. The molecule has 1 aromatic rings. The third-order valence-electron chi connectivity index (χ3n) is 2.96. The summed E-state index contributed by atoms with van der Waals surface area (Å²) in [6.07, 6.45) is 1.15. The van der Waals surface area contributed by atoms with Crippen LogP contribution in [0.25, 0.3) is 0 Å². The van der Waals surface area contributed by atoms with E-state index in [1.165, 1.54) is 0 Å². The average Bonchev–Trinajstić information content (AvgIpc) is 2.35. The van der Waals surface area contributed by atoms with Crippen LogP contribution in [-0.2, 0) is 0 Å². The Bertz CT molecular complexity index is 346. The number of ketones is 1. The highest BCUT2D eigenvalue weighted by molar-refractivity contribution is 5.94. The summed E-state index contributed by atoms with van der Waals surface area (Å²) in [4.78, 5) is 11.1. The Hall–Kier alpha value is -1.35. The first-order valence-corrected chi connectivity index (χ1v) is 6.16. The second-order valence-electron chi connectivity index (χ2n) is 4.35. The van der Waals surface area contributed by atoms with Gasteiger partial charge in [0.25, 0.3) is 0 Å². The van der Waals surface area contributed by atoms with E-state index in [-0.39, 0.29) is 5.78 Å². The summed E-state index contributed by atoms with van der Waals surface area (Å²) in [5.41, 5.74) is 1.84. The van der Waals surface area contributed by atoms with Gasteiger partial charge in [-0.1, -0.05) is 13.3 Å². The molecule has 0 heterocycles. The maximum atomic E-state index is 11.1. The van der Waals surface area contributed by atoms with Gasteiger partial charge in [0.1, 0.15) is 0 Å². The van der Waals surface area contributed by atoms with Crippen LogP contribution < -0.4 is 10.6 Å². The topological polar surface area (TPSA) is 41.1 Å². The number of nitrogens with one attached hydrogen (secondary N) is 2. The van der Waals surface area contributed by atoms with E-state index in [1.54, 1.807) is 6.92 Å². The highest BCUT2D eigenvalue weighted by atomic mass is 16.1. The van der Waals surface area contributed by atoms with Gasteiger partial charge in [0, 0.05) is 17.8 Å². The van der Waals surface area contributed by atoms with Crippen molar-refractivity contribution in [1.29, 1.82) is 0 Å². The number of hydrogen-bond donors (Lipinski definition) is 2. The minimum absolute atomic E-state index is 0.109. The van der Waals surface area contributed by atoms with Crippen molar-refractivity contribution in [1.82, 2.24) is 5.32 Å². The molecule has 3 nitrogen and oxygen atoms in total. The highest BCUT2D eigenvalue weighted by Crippen LogP contribution is 2.11. The Morgan fingerprint density at radius 2 is 1.88 bits per heavy atom. The van der Waals surface area contributed by atoms with Gasteiger partial charge in [-0.15, -0.1) is 0 Å². The first-order valence-electron chi connectivity index (χ1n) is 6.16. The quantitative estimate of drug-likeness (QED) is 0.712. The number of rotatable bonds is 7. The summed E-state index contributed by atoms with van der Waals surface area (Å²) in [6, 6.07) is 7.65. The lowest BCUT2D eigenvalue weighted by atomic mass is 10.1. The normalized spacial score (nSPS) is 12.2. The van der Waals surface area contributed by atoms with E-state index in [1.807, 2.05) is 31.3 Å². The van der Waals surface area contributed by atoms with Crippen LogP contribution in [0, 0.1) is 5.92 Å². The van der Waals surface area contributed by atoms with Crippen molar-refractivity contribution >= 4 is 11.5 Å². The van der Waals surface area contributed by atoms with Crippen molar-refractivity contribution in [2.45, 2.75) is 20.3 Å². The fourth-order valence-corrected chi connectivity index (χ4v) is 1.73. The van der Waals surface area contributed by atoms with E-state index in [0.717, 1.165) is 30.8 Å². The van der Waals surface area contributed by atoms with Crippen molar-refractivity contribution in [3.63, 3.8) is 0 Å². The predicted molar refractivity (Wildman–Crippen MR) is 72.6 cm³/mol. The van der Waals surface area contributed by atoms with Crippen molar-refractivity contribution in [2.75, 3.05) is 25.5 Å². The zero-order valence-corrected chi connectivity index (χ0v) is 10.9. The van der Waals surface area contributed by atoms with Gasteiger partial charge >= 0.3 is 0 Å². The maximum absolute atomic E-state index is 11.1. The molecule has 94 valence electrons. The number of carbonyl (C=O) groups excluding carboxylic acids is 1. The summed E-state index contributed by atoms with van der Waals surface area (Å²) in [5.74, 6) is 0.741. The van der Waals surface area contributed by atoms with Crippen LogP contribution in [0.5, 0.6) is 0 Å². The largest absolute Gasteiger partial charge is 0.385 e. The van der Waals surface area contributed by atoms with Gasteiger partial charge in [0.15, 0.2) is 5.78 Å². The molecule has 0 aromatic heterocycles. The van der Waals surface area contributed by atoms with Crippen LogP contribution >= 0.6 is 0 Å². The Labute approximate surface area is 104 Å². The SMILES string of the molecule is CCC(CNC)CNc1ccc(C(C)=O)cc1. The fraction of sp³-hybridized carbons (Fsp3) is 0.500. The molecule has 2 N–H and O–H groups in total. The molecular weight excluding hydrogens is 212 g/mol. The molecule has 1 aromatic carbocycles. The first-order chi connectivity index (χ1) is 8.17. The standard InChI is InChI=1S/C14H22N2O/c1-4-12(9-15-3)10-16-14-7-5-13(6-8-14)11(2)17/h5-8,12,15-16H,4,9-10H2,1-3H3. The van der Waals surface area contributed by atoms with Gasteiger partial charge in [-0.25, -0.2) is 0 Å². The zero-order chi connectivity index (χ0) is 12.7. The Balaban J connectivity index is 2.48. The summed E-state index contributed by atoms with van der Waals surface area (Å²) in [6.45, 7) is 5.76. The molecule has 0 bridgehead atoms. The third-order valence-corrected chi connectivity index (χ3v) is 2.96. The van der Waals surface area contributed by atoms with Gasteiger partial charge in [0.05, 0.1) is 0 Å². The van der Waals surface area contributed by atoms with Crippen molar-refractivity contribution in [2.24, 2.45) is 5.92 Å². The van der Waals surface area contributed by atoms with Gasteiger partial charge in [-0.2, -0.15) is 0 Å². The molecule has 0 aliphatic heterocycles. The molecule has 0 aliphatic carbocycles. The molecule has 0 saturated heterocycles. The lowest BCUT2D eigenvalue weighted by Gasteiger charge is -2.16. The lowest BCUT2D eigenvalue weighted by molar-refractivity contribution is 0.101. The molecule has 3 heteroatoms. The monoisotopic (exact) mass is 234 g/mol. The van der Waals surface area contributed by atoms with Crippen molar-refractivity contribution < 1.29 is 4.79 Å². The smallest absolute Gasteiger partial charge is 0.159 e. The Kier molecular flexibility index (Phi) is 5.70. The number of hydrogen-bond acceptors (Lipinski definition) is 3. The Morgan fingerprint density at radius 1 is 1.24 bits per heavy atom. The number of carbonyl (C=O) groups is 1.